The fraction of sp³-hybridized carbons (Fsp3) is 0.235. The lowest BCUT2D eigenvalue weighted by atomic mass is 10.1. The molecule has 1 unspecified atom stereocenters. The summed E-state index contributed by atoms with van der Waals surface area (Å²) >= 11 is 3.38. The molecule has 0 aliphatic carbocycles. The maximum atomic E-state index is 12.2. The molecule has 0 spiro atoms. The van der Waals surface area contributed by atoms with Crippen LogP contribution in [0.1, 0.15) is 18.1 Å². The van der Waals surface area contributed by atoms with Crippen LogP contribution in [0, 0.1) is 13.8 Å². The average molecular weight is 348 g/mol. The Balaban J connectivity index is 2.02. The first-order valence-corrected chi connectivity index (χ1v) is 7.55. The predicted octanol–water partition coefficient (Wildman–Crippen LogP) is 4.47. The molecule has 0 heterocycles. The van der Waals surface area contributed by atoms with Crippen LogP contribution in [0.15, 0.2) is 46.9 Å². The summed E-state index contributed by atoms with van der Waals surface area (Å²) in [5.41, 5.74) is 2.94. The number of ether oxygens (including phenoxy) is 1. The van der Waals surface area contributed by atoms with Crippen molar-refractivity contribution in [3.8, 4) is 5.75 Å². The number of rotatable bonds is 4. The van der Waals surface area contributed by atoms with Gasteiger partial charge in [0.1, 0.15) is 5.75 Å². The van der Waals surface area contributed by atoms with Gasteiger partial charge in [-0.15, -0.1) is 0 Å². The topological polar surface area (TPSA) is 38.3 Å². The largest absolute Gasteiger partial charge is 0.481 e. The number of hydrogen-bond donors (Lipinski definition) is 1. The second-order valence-electron chi connectivity index (χ2n) is 5.03. The minimum atomic E-state index is -0.564. The van der Waals surface area contributed by atoms with Crippen LogP contribution in [0.4, 0.5) is 5.69 Å². The van der Waals surface area contributed by atoms with Crippen LogP contribution >= 0.6 is 15.9 Å². The molecule has 2 aromatic carbocycles. The van der Waals surface area contributed by atoms with Gasteiger partial charge in [0.25, 0.3) is 5.91 Å². The minimum absolute atomic E-state index is 0.173. The van der Waals surface area contributed by atoms with Gasteiger partial charge in [-0.05, 0) is 50.6 Å². The number of halogens is 1. The molecule has 0 fully saturated rings. The van der Waals surface area contributed by atoms with Crippen LogP contribution in [0.3, 0.4) is 0 Å². The molecule has 0 saturated carbocycles. The number of carbonyl (C=O) groups is 1. The first-order valence-electron chi connectivity index (χ1n) is 6.76. The van der Waals surface area contributed by atoms with Gasteiger partial charge in [-0.3, -0.25) is 4.79 Å². The Morgan fingerprint density at radius 1 is 1.19 bits per heavy atom. The predicted molar refractivity (Wildman–Crippen MR) is 88.8 cm³/mol. The second kappa shape index (κ2) is 6.76. The van der Waals surface area contributed by atoms with Crippen molar-refractivity contribution in [1.29, 1.82) is 0 Å². The van der Waals surface area contributed by atoms with Crippen LogP contribution in [-0.2, 0) is 4.79 Å². The van der Waals surface area contributed by atoms with Crippen LogP contribution in [0.2, 0.25) is 0 Å². The average Bonchev–Trinajstić information content (AvgIpc) is 2.41. The zero-order valence-corrected chi connectivity index (χ0v) is 13.9. The quantitative estimate of drug-likeness (QED) is 0.885. The van der Waals surface area contributed by atoms with E-state index in [1.54, 1.807) is 6.92 Å². The van der Waals surface area contributed by atoms with E-state index in [1.165, 1.54) is 5.56 Å². The first-order chi connectivity index (χ1) is 9.95. The molecule has 0 radical (unpaired) electrons. The van der Waals surface area contributed by atoms with E-state index in [9.17, 15) is 4.79 Å². The summed E-state index contributed by atoms with van der Waals surface area (Å²) in [6, 6.07) is 13.4. The zero-order chi connectivity index (χ0) is 15.4. The number of nitrogens with one attached hydrogen (secondary N) is 1. The summed E-state index contributed by atoms with van der Waals surface area (Å²) in [4.78, 5) is 12.2. The number of aryl methyl sites for hydroxylation is 2. The van der Waals surface area contributed by atoms with Crippen LogP contribution < -0.4 is 10.1 Å². The normalized spacial score (nSPS) is 11.8. The van der Waals surface area contributed by atoms with Gasteiger partial charge in [0.05, 0.1) is 0 Å². The number of hydrogen-bond acceptors (Lipinski definition) is 2. The maximum Gasteiger partial charge on any atom is 0.265 e. The highest BCUT2D eigenvalue weighted by molar-refractivity contribution is 9.10. The molecule has 1 amide bonds. The molecular formula is C17H18BrNO2. The summed E-state index contributed by atoms with van der Waals surface area (Å²) in [5.74, 6) is 0.561. The highest BCUT2D eigenvalue weighted by atomic mass is 79.9. The Morgan fingerprint density at radius 3 is 2.62 bits per heavy atom. The van der Waals surface area contributed by atoms with Gasteiger partial charge in [0.15, 0.2) is 6.10 Å². The summed E-state index contributed by atoms with van der Waals surface area (Å²) in [7, 11) is 0. The fourth-order valence-electron chi connectivity index (χ4n) is 1.99. The molecule has 3 nitrogen and oxygen atoms in total. The van der Waals surface area contributed by atoms with Crippen LogP contribution in [0.5, 0.6) is 5.75 Å². The smallest absolute Gasteiger partial charge is 0.265 e. The SMILES string of the molecule is Cc1ccc(OC(C)C(=O)Nc2cccc(Br)c2)c(C)c1. The molecular weight excluding hydrogens is 330 g/mol. The van der Waals surface area contributed by atoms with Gasteiger partial charge < -0.3 is 10.1 Å². The van der Waals surface area contributed by atoms with Crippen molar-refractivity contribution >= 4 is 27.5 Å². The van der Waals surface area contributed by atoms with E-state index >= 15 is 0 Å². The van der Waals surface area contributed by atoms with Gasteiger partial charge in [-0.2, -0.15) is 0 Å². The van der Waals surface area contributed by atoms with E-state index in [1.807, 2.05) is 56.3 Å². The summed E-state index contributed by atoms with van der Waals surface area (Å²) in [5, 5.41) is 2.84. The second-order valence-corrected chi connectivity index (χ2v) is 5.94. The Labute approximate surface area is 133 Å². The van der Waals surface area contributed by atoms with Gasteiger partial charge in [-0.25, -0.2) is 0 Å². The lowest BCUT2D eigenvalue weighted by Crippen LogP contribution is -2.30. The van der Waals surface area contributed by atoms with E-state index in [2.05, 4.69) is 21.2 Å². The fourth-order valence-corrected chi connectivity index (χ4v) is 2.38. The molecule has 0 saturated heterocycles. The first kappa shape index (κ1) is 15.6. The molecule has 0 aliphatic rings. The third kappa shape index (κ3) is 4.33. The van der Waals surface area contributed by atoms with E-state index in [0.29, 0.717) is 0 Å². The van der Waals surface area contributed by atoms with E-state index in [4.69, 9.17) is 4.74 Å². The number of anilines is 1. The van der Waals surface area contributed by atoms with E-state index in [-0.39, 0.29) is 5.91 Å². The molecule has 110 valence electrons. The van der Waals surface area contributed by atoms with Gasteiger partial charge in [-0.1, -0.05) is 39.7 Å². The third-order valence-corrected chi connectivity index (χ3v) is 3.59. The van der Waals surface area contributed by atoms with Crippen molar-refractivity contribution in [3.05, 3.63) is 58.1 Å². The Morgan fingerprint density at radius 2 is 1.95 bits per heavy atom. The Bertz CT molecular complexity index is 655. The maximum absolute atomic E-state index is 12.2. The van der Waals surface area contributed by atoms with Gasteiger partial charge in [0.2, 0.25) is 0 Å². The van der Waals surface area contributed by atoms with Crippen molar-refractivity contribution in [2.45, 2.75) is 26.9 Å². The molecule has 21 heavy (non-hydrogen) atoms. The number of carbonyl (C=O) groups excluding carboxylic acids is 1. The third-order valence-electron chi connectivity index (χ3n) is 3.10. The molecule has 4 heteroatoms. The summed E-state index contributed by atoms with van der Waals surface area (Å²) < 4.78 is 6.66. The number of amides is 1. The Kier molecular flexibility index (Phi) is 5.02. The van der Waals surface area contributed by atoms with Crippen molar-refractivity contribution in [3.63, 3.8) is 0 Å². The van der Waals surface area contributed by atoms with E-state index in [0.717, 1.165) is 21.5 Å². The monoisotopic (exact) mass is 347 g/mol. The standard InChI is InChI=1S/C17H18BrNO2/c1-11-7-8-16(12(2)9-11)21-13(3)17(20)19-15-6-4-5-14(18)10-15/h4-10,13H,1-3H3,(H,19,20). The van der Waals surface area contributed by atoms with Crippen molar-refractivity contribution in [2.75, 3.05) is 5.32 Å². The van der Waals surface area contributed by atoms with Crippen molar-refractivity contribution < 1.29 is 9.53 Å². The molecule has 2 rings (SSSR count). The highest BCUT2D eigenvalue weighted by Gasteiger charge is 2.15. The minimum Gasteiger partial charge on any atom is -0.481 e. The van der Waals surface area contributed by atoms with Gasteiger partial charge >= 0.3 is 0 Å². The highest BCUT2D eigenvalue weighted by Crippen LogP contribution is 2.21. The Hall–Kier alpha value is -1.81. The lowest BCUT2D eigenvalue weighted by Gasteiger charge is -2.16. The van der Waals surface area contributed by atoms with Crippen molar-refractivity contribution in [1.82, 2.24) is 0 Å². The summed E-state index contributed by atoms with van der Waals surface area (Å²) in [6.45, 7) is 5.74. The molecule has 0 aromatic heterocycles. The molecule has 0 bridgehead atoms. The molecule has 0 aliphatic heterocycles. The summed E-state index contributed by atoms with van der Waals surface area (Å²) in [6.07, 6.45) is -0.564. The molecule has 2 aromatic rings. The van der Waals surface area contributed by atoms with Gasteiger partial charge in [0, 0.05) is 10.2 Å². The van der Waals surface area contributed by atoms with E-state index < -0.39 is 6.10 Å². The lowest BCUT2D eigenvalue weighted by molar-refractivity contribution is -0.122. The molecule has 1 N–H and O–H groups in total. The number of benzene rings is 2. The van der Waals surface area contributed by atoms with Crippen molar-refractivity contribution in [2.24, 2.45) is 0 Å². The molecule has 1 atom stereocenters. The van der Waals surface area contributed by atoms with Crippen LogP contribution in [0.25, 0.3) is 0 Å². The van der Waals surface area contributed by atoms with Crippen LogP contribution in [-0.4, -0.2) is 12.0 Å². The zero-order valence-electron chi connectivity index (χ0n) is 12.3.